The van der Waals surface area contributed by atoms with Crippen LogP contribution in [0.15, 0.2) is 22.7 Å². The van der Waals surface area contributed by atoms with Gasteiger partial charge in [0.1, 0.15) is 5.02 Å². The number of nitro groups is 1. The quantitative estimate of drug-likeness (QED) is 0.681. The van der Waals surface area contributed by atoms with Gasteiger partial charge >= 0.3 is 0 Å². The van der Waals surface area contributed by atoms with Crippen molar-refractivity contribution in [1.82, 2.24) is 15.5 Å². The number of amides is 1. The summed E-state index contributed by atoms with van der Waals surface area (Å²) in [6.07, 6.45) is 0. The van der Waals surface area contributed by atoms with E-state index in [4.69, 9.17) is 16.1 Å². The Labute approximate surface area is 117 Å². The van der Waals surface area contributed by atoms with Crippen molar-refractivity contribution in [3.8, 4) is 0 Å². The zero-order valence-electron chi connectivity index (χ0n) is 10.3. The van der Waals surface area contributed by atoms with Gasteiger partial charge in [-0.05, 0) is 6.07 Å². The summed E-state index contributed by atoms with van der Waals surface area (Å²) in [6.45, 7) is 1.66. The summed E-state index contributed by atoms with van der Waals surface area (Å²) in [5.74, 6) is 0.126. The molecule has 0 bridgehead atoms. The summed E-state index contributed by atoms with van der Waals surface area (Å²) in [6, 6.07) is 4.01. The smallest absolute Gasteiger partial charge is 0.288 e. The molecule has 0 atom stereocenters. The number of benzene rings is 1. The number of nitro benzene ring substituents is 1. The van der Waals surface area contributed by atoms with Crippen molar-refractivity contribution in [2.45, 2.75) is 13.5 Å². The minimum Gasteiger partial charge on any atom is -0.345 e. The maximum absolute atomic E-state index is 11.9. The number of carbonyl (C=O) groups excluding carboxylic acids is 1. The lowest BCUT2D eigenvalue weighted by Crippen LogP contribution is -2.23. The molecular formula is C11H9ClN4O4. The van der Waals surface area contributed by atoms with E-state index in [-0.39, 0.29) is 22.8 Å². The number of nitrogens with one attached hydrogen (secondary N) is 1. The van der Waals surface area contributed by atoms with E-state index in [2.05, 4.69) is 15.5 Å². The molecule has 0 fully saturated rings. The van der Waals surface area contributed by atoms with E-state index >= 15 is 0 Å². The molecule has 2 aromatic rings. The summed E-state index contributed by atoms with van der Waals surface area (Å²) in [5, 5.41) is 16.6. The maximum Gasteiger partial charge on any atom is 0.288 e. The second-order valence-corrected chi connectivity index (χ2v) is 4.19. The van der Waals surface area contributed by atoms with Gasteiger partial charge in [-0.1, -0.05) is 22.8 Å². The number of hydrogen-bond acceptors (Lipinski definition) is 6. The standard InChI is InChI=1S/C11H9ClN4O4/c1-6-14-9(15-20-6)5-13-11(17)7-3-2-4-8(10(7)12)16(18)19/h2-4H,5H2,1H3,(H,13,17). The van der Waals surface area contributed by atoms with Gasteiger partial charge in [-0.2, -0.15) is 4.98 Å². The average molecular weight is 297 g/mol. The number of halogens is 1. The molecule has 0 unspecified atom stereocenters. The van der Waals surface area contributed by atoms with Crippen LogP contribution >= 0.6 is 11.6 Å². The predicted octanol–water partition coefficient (Wildman–Crippen LogP) is 1.87. The van der Waals surface area contributed by atoms with Gasteiger partial charge in [-0.3, -0.25) is 14.9 Å². The summed E-state index contributed by atoms with van der Waals surface area (Å²) in [5.41, 5.74) is -0.309. The lowest BCUT2D eigenvalue weighted by atomic mass is 10.2. The van der Waals surface area contributed by atoms with Crippen LogP contribution in [0.1, 0.15) is 22.1 Å². The summed E-state index contributed by atoms with van der Waals surface area (Å²) >= 11 is 5.83. The molecule has 1 heterocycles. The monoisotopic (exact) mass is 296 g/mol. The first-order valence-electron chi connectivity index (χ1n) is 5.49. The molecule has 0 aliphatic carbocycles. The fraction of sp³-hybridized carbons (Fsp3) is 0.182. The van der Waals surface area contributed by atoms with Crippen LogP contribution in [0.3, 0.4) is 0 Å². The topological polar surface area (TPSA) is 111 Å². The van der Waals surface area contributed by atoms with Crippen molar-refractivity contribution < 1.29 is 14.2 Å². The van der Waals surface area contributed by atoms with Gasteiger partial charge in [-0.15, -0.1) is 0 Å². The molecule has 8 nitrogen and oxygen atoms in total. The van der Waals surface area contributed by atoms with Gasteiger partial charge in [0.05, 0.1) is 17.0 Å². The van der Waals surface area contributed by atoms with Gasteiger partial charge in [0.2, 0.25) is 5.89 Å². The molecule has 20 heavy (non-hydrogen) atoms. The second kappa shape index (κ2) is 5.66. The molecule has 0 saturated heterocycles. The van der Waals surface area contributed by atoms with E-state index in [0.717, 1.165) is 0 Å². The van der Waals surface area contributed by atoms with E-state index in [1.54, 1.807) is 6.92 Å². The Bertz CT molecular complexity index is 670. The number of rotatable bonds is 4. The Morgan fingerprint density at radius 3 is 2.90 bits per heavy atom. The summed E-state index contributed by atoms with van der Waals surface area (Å²) in [4.78, 5) is 25.9. The van der Waals surface area contributed by atoms with Crippen molar-refractivity contribution >= 4 is 23.2 Å². The SMILES string of the molecule is Cc1nc(CNC(=O)c2cccc([N+](=O)[O-])c2Cl)no1. The van der Waals surface area contributed by atoms with Gasteiger partial charge in [0.25, 0.3) is 11.6 Å². The average Bonchev–Trinajstić information content (AvgIpc) is 2.81. The fourth-order valence-electron chi connectivity index (χ4n) is 1.50. The number of carbonyl (C=O) groups is 1. The molecule has 0 spiro atoms. The van der Waals surface area contributed by atoms with E-state index in [0.29, 0.717) is 11.7 Å². The molecule has 0 aliphatic rings. The molecule has 1 N–H and O–H groups in total. The van der Waals surface area contributed by atoms with E-state index in [1.165, 1.54) is 18.2 Å². The Morgan fingerprint density at radius 1 is 1.55 bits per heavy atom. The normalized spacial score (nSPS) is 10.3. The van der Waals surface area contributed by atoms with Crippen LogP contribution in [0, 0.1) is 17.0 Å². The zero-order chi connectivity index (χ0) is 14.7. The van der Waals surface area contributed by atoms with E-state index in [1.807, 2.05) is 0 Å². The molecular weight excluding hydrogens is 288 g/mol. The summed E-state index contributed by atoms with van der Waals surface area (Å²) < 4.78 is 4.75. The first-order chi connectivity index (χ1) is 9.49. The van der Waals surface area contributed by atoms with E-state index in [9.17, 15) is 14.9 Å². The third-order valence-electron chi connectivity index (χ3n) is 2.40. The van der Waals surface area contributed by atoms with Crippen molar-refractivity contribution in [2.24, 2.45) is 0 Å². The molecule has 1 amide bonds. The van der Waals surface area contributed by atoms with E-state index < -0.39 is 10.8 Å². The van der Waals surface area contributed by atoms with Crippen molar-refractivity contribution in [3.05, 3.63) is 50.6 Å². The largest absolute Gasteiger partial charge is 0.345 e. The van der Waals surface area contributed by atoms with Crippen molar-refractivity contribution in [1.29, 1.82) is 0 Å². The molecule has 1 aromatic heterocycles. The highest BCUT2D eigenvalue weighted by Gasteiger charge is 2.20. The fourth-order valence-corrected chi connectivity index (χ4v) is 1.78. The van der Waals surface area contributed by atoms with Gasteiger partial charge in [0, 0.05) is 13.0 Å². The predicted molar refractivity (Wildman–Crippen MR) is 68.3 cm³/mol. The Balaban J connectivity index is 2.13. The van der Waals surface area contributed by atoms with Crippen LogP contribution in [0.25, 0.3) is 0 Å². The lowest BCUT2D eigenvalue weighted by molar-refractivity contribution is -0.384. The minimum absolute atomic E-state index is 0.0149. The molecule has 104 valence electrons. The van der Waals surface area contributed by atoms with Crippen LogP contribution in [0.2, 0.25) is 5.02 Å². The van der Waals surface area contributed by atoms with Crippen LogP contribution in [0.4, 0.5) is 5.69 Å². The summed E-state index contributed by atoms with van der Waals surface area (Å²) in [7, 11) is 0. The second-order valence-electron chi connectivity index (χ2n) is 3.81. The highest BCUT2D eigenvalue weighted by atomic mass is 35.5. The number of hydrogen-bond donors (Lipinski definition) is 1. The molecule has 0 radical (unpaired) electrons. The third-order valence-corrected chi connectivity index (χ3v) is 2.79. The molecule has 1 aromatic carbocycles. The minimum atomic E-state index is -0.651. The van der Waals surface area contributed by atoms with Crippen LogP contribution < -0.4 is 5.32 Å². The first-order valence-corrected chi connectivity index (χ1v) is 5.87. The first kappa shape index (κ1) is 13.9. The number of aromatic nitrogens is 2. The highest BCUT2D eigenvalue weighted by molar-refractivity contribution is 6.35. The molecule has 0 saturated carbocycles. The highest BCUT2D eigenvalue weighted by Crippen LogP contribution is 2.27. The zero-order valence-corrected chi connectivity index (χ0v) is 11.0. The maximum atomic E-state index is 11.9. The molecule has 2 rings (SSSR count). The van der Waals surface area contributed by atoms with Crippen LogP contribution in [0.5, 0.6) is 0 Å². The van der Waals surface area contributed by atoms with Crippen molar-refractivity contribution in [2.75, 3.05) is 0 Å². The lowest BCUT2D eigenvalue weighted by Gasteiger charge is -2.04. The molecule has 9 heteroatoms. The Kier molecular flexibility index (Phi) is 3.94. The van der Waals surface area contributed by atoms with Gasteiger partial charge in [0.15, 0.2) is 5.82 Å². The van der Waals surface area contributed by atoms with Gasteiger partial charge < -0.3 is 9.84 Å². The molecule has 0 aliphatic heterocycles. The number of nitrogens with zero attached hydrogens (tertiary/aromatic N) is 3. The number of aryl methyl sites for hydroxylation is 1. The Morgan fingerprint density at radius 2 is 2.30 bits per heavy atom. The Hall–Kier alpha value is -2.48. The van der Waals surface area contributed by atoms with Crippen molar-refractivity contribution in [3.63, 3.8) is 0 Å². The van der Waals surface area contributed by atoms with Crippen LogP contribution in [-0.4, -0.2) is 21.0 Å². The van der Waals surface area contributed by atoms with Crippen LogP contribution in [-0.2, 0) is 6.54 Å². The third kappa shape index (κ3) is 2.91. The van der Waals surface area contributed by atoms with Gasteiger partial charge in [-0.25, -0.2) is 0 Å².